The van der Waals surface area contributed by atoms with E-state index in [1.165, 1.54) is 6.07 Å². The summed E-state index contributed by atoms with van der Waals surface area (Å²) in [4.78, 5) is 0. The molecule has 1 aromatic heterocycles. The first-order valence-corrected chi connectivity index (χ1v) is 5.00. The Bertz CT molecular complexity index is 478. The largest absolute Gasteiger partial charge is 0.266 e. The molecule has 0 nitrogen and oxygen atoms in total. The van der Waals surface area contributed by atoms with Crippen molar-refractivity contribution in [2.75, 3.05) is 0 Å². The highest BCUT2D eigenvalue weighted by Crippen LogP contribution is 2.38. The normalized spacial score (nSPS) is 11.5. The van der Waals surface area contributed by atoms with Gasteiger partial charge in [0.05, 0.1) is 10.6 Å². The number of thiophene rings is 1. The van der Waals surface area contributed by atoms with Gasteiger partial charge in [-0.05, 0) is 17.5 Å². The van der Waals surface area contributed by atoms with Crippen LogP contribution in [0.3, 0.4) is 0 Å². The summed E-state index contributed by atoms with van der Waals surface area (Å²) >= 11 is 6.61. The number of hydrogen-bond acceptors (Lipinski definition) is 1. The Morgan fingerprint density at radius 1 is 1.36 bits per heavy atom. The molecule has 0 unspecified atom stereocenters. The van der Waals surface area contributed by atoms with Crippen LogP contribution in [0.5, 0.6) is 0 Å². The highest BCUT2D eigenvalue weighted by Gasteiger charge is 2.19. The molecule has 0 atom stereocenters. The van der Waals surface area contributed by atoms with E-state index >= 15 is 0 Å². The molecule has 1 heterocycles. The van der Waals surface area contributed by atoms with Crippen LogP contribution in [0.2, 0.25) is 5.02 Å². The first kappa shape index (κ1) is 9.80. The minimum Gasteiger partial charge on any atom is -0.206 e. The monoisotopic (exact) mass is 236 g/mol. The molecule has 0 fully saturated rings. The van der Waals surface area contributed by atoms with Crippen LogP contribution in [-0.4, -0.2) is 0 Å². The van der Waals surface area contributed by atoms with Crippen molar-refractivity contribution in [1.29, 1.82) is 0 Å². The van der Waals surface area contributed by atoms with Gasteiger partial charge >= 0.3 is 0 Å². The first-order chi connectivity index (χ1) is 6.61. The maximum atomic E-state index is 13.2. The Balaban J connectivity index is 2.86. The van der Waals surface area contributed by atoms with Crippen molar-refractivity contribution in [3.63, 3.8) is 0 Å². The minimum absolute atomic E-state index is 0.203. The summed E-state index contributed by atoms with van der Waals surface area (Å²) in [5.41, 5.74) is -0.280. The van der Waals surface area contributed by atoms with Gasteiger partial charge in [-0.2, -0.15) is 0 Å². The van der Waals surface area contributed by atoms with E-state index < -0.39 is 12.2 Å². The summed E-state index contributed by atoms with van der Waals surface area (Å²) in [5, 5.41) is 1.55. The van der Waals surface area contributed by atoms with Crippen molar-refractivity contribution in [2.24, 2.45) is 0 Å². The van der Waals surface area contributed by atoms with Crippen molar-refractivity contribution >= 4 is 33.0 Å². The van der Waals surface area contributed by atoms with Gasteiger partial charge in [-0.15, -0.1) is 11.3 Å². The molecule has 0 spiro atoms. The van der Waals surface area contributed by atoms with Crippen LogP contribution in [0, 0.1) is 5.82 Å². The van der Waals surface area contributed by atoms with E-state index in [4.69, 9.17) is 11.6 Å². The number of hydrogen-bond donors (Lipinski definition) is 0. The highest BCUT2D eigenvalue weighted by molar-refractivity contribution is 7.17. The lowest BCUT2D eigenvalue weighted by molar-refractivity contribution is 0.153. The smallest absolute Gasteiger partial charge is 0.206 e. The Hall–Kier alpha value is -0.740. The molecule has 0 amide bonds. The van der Waals surface area contributed by atoms with Crippen LogP contribution in [0.4, 0.5) is 13.2 Å². The summed E-state index contributed by atoms with van der Waals surface area (Å²) < 4.78 is 38.6. The molecule has 0 N–H and O–H groups in total. The second kappa shape index (κ2) is 3.44. The molecule has 0 radical (unpaired) electrons. The van der Waals surface area contributed by atoms with Gasteiger partial charge in [0.1, 0.15) is 5.82 Å². The predicted octanol–water partition coefficient (Wildman–Crippen LogP) is 4.63. The fraction of sp³-hybridized carbons (Fsp3) is 0.111. The van der Waals surface area contributed by atoms with Crippen molar-refractivity contribution < 1.29 is 13.2 Å². The SMILES string of the molecule is Fc1cc(Cl)c(C(F)F)c2sccc12. The van der Waals surface area contributed by atoms with Crippen LogP contribution < -0.4 is 0 Å². The van der Waals surface area contributed by atoms with Crippen molar-refractivity contribution in [2.45, 2.75) is 6.43 Å². The summed E-state index contributed by atoms with van der Waals surface area (Å²) in [6.45, 7) is 0. The second-order valence-electron chi connectivity index (χ2n) is 2.72. The van der Waals surface area contributed by atoms with Gasteiger partial charge in [0.15, 0.2) is 0 Å². The molecule has 74 valence electrons. The average Bonchev–Trinajstić information content (AvgIpc) is 2.51. The number of alkyl halides is 2. The van der Waals surface area contributed by atoms with Crippen LogP contribution in [0.25, 0.3) is 10.1 Å². The Labute approximate surface area is 86.9 Å². The summed E-state index contributed by atoms with van der Waals surface area (Å²) in [6.07, 6.45) is -2.68. The third kappa shape index (κ3) is 1.38. The van der Waals surface area contributed by atoms with E-state index in [0.717, 1.165) is 17.4 Å². The summed E-state index contributed by atoms with van der Waals surface area (Å²) in [7, 11) is 0. The fourth-order valence-electron chi connectivity index (χ4n) is 1.28. The van der Waals surface area contributed by atoms with Crippen LogP contribution in [-0.2, 0) is 0 Å². The number of rotatable bonds is 1. The lowest BCUT2D eigenvalue weighted by Crippen LogP contribution is -1.88. The van der Waals surface area contributed by atoms with Gasteiger partial charge in [-0.3, -0.25) is 0 Å². The molecule has 14 heavy (non-hydrogen) atoms. The van der Waals surface area contributed by atoms with E-state index in [-0.39, 0.29) is 20.7 Å². The number of halogens is 4. The van der Waals surface area contributed by atoms with E-state index in [9.17, 15) is 13.2 Å². The van der Waals surface area contributed by atoms with E-state index in [1.54, 1.807) is 5.38 Å². The molecule has 0 aliphatic heterocycles. The minimum atomic E-state index is -2.68. The molecule has 0 saturated heterocycles. The molecule has 5 heteroatoms. The van der Waals surface area contributed by atoms with Gasteiger partial charge in [0.2, 0.25) is 0 Å². The van der Waals surface area contributed by atoms with Gasteiger partial charge in [-0.1, -0.05) is 11.6 Å². The zero-order valence-corrected chi connectivity index (χ0v) is 8.30. The number of benzene rings is 1. The maximum absolute atomic E-state index is 13.2. The molecule has 0 aliphatic carbocycles. The molecule has 2 aromatic rings. The first-order valence-electron chi connectivity index (χ1n) is 3.74. The van der Waals surface area contributed by atoms with Crippen molar-refractivity contribution in [1.82, 2.24) is 0 Å². The Kier molecular flexibility index (Phi) is 2.41. The molecule has 0 bridgehead atoms. The molecule has 0 aliphatic rings. The molecular formula is C9H4ClF3S. The maximum Gasteiger partial charge on any atom is 0.266 e. The lowest BCUT2D eigenvalue weighted by atomic mass is 10.1. The standard InChI is InChI=1S/C9H4ClF3S/c10-5-3-6(11)4-1-2-14-8(4)7(5)9(12)13/h1-3,9H. The zero-order chi connectivity index (χ0) is 10.3. The number of fused-ring (bicyclic) bond motifs is 1. The van der Waals surface area contributed by atoms with E-state index in [2.05, 4.69) is 0 Å². The molecular weight excluding hydrogens is 233 g/mol. The van der Waals surface area contributed by atoms with Crippen molar-refractivity contribution in [3.8, 4) is 0 Å². The lowest BCUT2D eigenvalue weighted by Gasteiger charge is -2.04. The zero-order valence-electron chi connectivity index (χ0n) is 6.73. The Morgan fingerprint density at radius 2 is 2.07 bits per heavy atom. The fourth-order valence-corrected chi connectivity index (χ4v) is 2.57. The third-order valence-corrected chi connectivity index (χ3v) is 3.16. The van der Waals surface area contributed by atoms with Gasteiger partial charge < -0.3 is 0 Å². The van der Waals surface area contributed by atoms with E-state index in [1.807, 2.05) is 0 Å². The van der Waals surface area contributed by atoms with Crippen LogP contribution in [0.1, 0.15) is 12.0 Å². The predicted molar refractivity (Wildman–Crippen MR) is 51.8 cm³/mol. The van der Waals surface area contributed by atoms with E-state index in [0.29, 0.717) is 0 Å². The summed E-state index contributed by atoms with van der Waals surface area (Å²) in [5.74, 6) is -0.560. The Morgan fingerprint density at radius 3 is 2.71 bits per heavy atom. The molecule has 1 aromatic carbocycles. The summed E-state index contributed by atoms with van der Waals surface area (Å²) in [6, 6.07) is 2.40. The average molecular weight is 237 g/mol. The topological polar surface area (TPSA) is 0 Å². The molecule has 2 rings (SSSR count). The second-order valence-corrected chi connectivity index (χ2v) is 4.04. The van der Waals surface area contributed by atoms with Crippen LogP contribution >= 0.6 is 22.9 Å². The van der Waals surface area contributed by atoms with Crippen molar-refractivity contribution in [3.05, 3.63) is 33.9 Å². The third-order valence-electron chi connectivity index (χ3n) is 1.90. The molecule has 0 saturated carbocycles. The van der Waals surface area contributed by atoms with Gasteiger partial charge in [-0.25, -0.2) is 13.2 Å². The quantitative estimate of drug-likeness (QED) is 0.677. The van der Waals surface area contributed by atoms with Crippen LogP contribution in [0.15, 0.2) is 17.5 Å². The van der Waals surface area contributed by atoms with Gasteiger partial charge in [0.25, 0.3) is 6.43 Å². The highest BCUT2D eigenvalue weighted by atomic mass is 35.5. The van der Waals surface area contributed by atoms with Gasteiger partial charge in [0, 0.05) is 10.1 Å².